The minimum absolute atomic E-state index is 0.0577. The molecule has 0 heterocycles. The molecule has 0 aromatic heterocycles. The first kappa shape index (κ1) is 25.4. The van der Waals surface area contributed by atoms with Crippen molar-refractivity contribution in [2.45, 2.75) is 47.5 Å². The minimum Gasteiger partial charge on any atom is -0.195 e. The highest BCUT2D eigenvalue weighted by Gasteiger charge is 2.67. The van der Waals surface area contributed by atoms with Crippen molar-refractivity contribution in [3.63, 3.8) is 0 Å². The first-order valence-electron chi connectivity index (χ1n) is 8.78. The van der Waals surface area contributed by atoms with Crippen LogP contribution in [0.1, 0.15) is 11.1 Å². The molecule has 0 amide bonds. The maximum Gasteiger partial charge on any atom is 0.454 e. The van der Waals surface area contributed by atoms with Crippen molar-refractivity contribution in [1.82, 2.24) is 0 Å². The van der Waals surface area contributed by atoms with Crippen molar-refractivity contribution < 1.29 is 43.9 Å². The van der Waals surface area contributed by atoms with E-state index in [0.29, 0.717) is 0 Å². The Hall–Kier alpha value is -1.91. The van der Waals surface area contributed by atoms with Gasteiger partial charge < -0.3 is 0 Å². The summed E-state index contributed by atoms with van der Waals surface area (Å²) in [7, 11) is 0. The molecule has 2 aromatic carbocycles. The van der Waals surface area contributed by atoms with Crippen LogP contribution in [0.25, 0.3) is 0 Å². The lowest BCUT2D eigenvalue weighted by Gasteiger charge is -2.34. The maximum absolute atomic E-state index is 14.2. The van der Waals surface area contributed by atoms with Crippen LogP contribution in [0.15, 0.2) is 60.7 Å². The number of alkyl halides is 10. The van der Waals surface area contributed by atoms with Crippen LogP contribution >= 0.6 is 11.8 Å². The van der Waals surface area contributed by atoms with E-state index in [4.69, 9.17) is 0 Å². The number of hydrogen-bond acceptors (Lipinski definition) is 1. The summed E-state index contributed by atoms with van der Waals surface area (Å²) in [5.74, 6) is -11.0. The predicted molar refractivity (Wildman–Crippen MR) is 97.5 cm³/mol. The molecule has 0 unspecified atom stereocenters. The summed E-state index contributed by atoms with van der Waals surface area (Å²) in [4.78, 5) is 0. The zero-order valence-corrected chi connectivity index (χ0v) is 16.3. The molecule has 2 rings (SSSR count). The zero-order chi connectivity index (χ0) is 23.5. The first-order chi connectivity index (χ1) is 14.2. The van der Waals surface area contributed by atoms with Gasteiger partial charge in [-0.25, -0.2) is 0 Å². The van der Waals surface area contributed by atoms with Gasteiger partial charge in [0.25, 0.3) is 0 Å². The van der Waals surface area contributed by atoms with E-state index in [1.807, 2.05) is 0 Å². The Morgan fingerprint density at radius 2 is 0.806 bits per heavy atom. The summed E-state index contributed by atoms with van der Waals surface area (Å²) >= 11 is -0.693. The van der Waals surface area contributed by atoms with E-state index in [1.54, 1.807) is 0 Å². The molecule has 11 heteroatoms. The fourth-order valence-electron chi connectivity index (χ4n) is 2.74. The minimum atomic E-state index is -6.13. The quantitative estimate of drug-likeness (QED) is 0.358. The van der Waals surface area contributed by atoms with Crippen molar-refractivity contribution in [2.75, 3.05) is 0 Å². The monoisotopic (exact) mass is 478 g/mol. The Morgan fingerprint density at radius 3 is 1.06 bits per heavy atom. The Labute approximate surface area is 175 Å². The molecule has 0 aliphatic rings. The molecule has 0 fully saturated rings. The summed E-state index contributed by atoms with van der Waals surface area (Å²) in [6, 6.07) is 13.0. The van der Waals surface area contributed by atoms with Gasteiger partial charge in [0.15, 0.2) is 0 Å². The molecule has 0 bridgehead atoms. The van der Waals surface area contributed by atoms with Crippen LogP contribution in [-0.2, 0) is 12.8 Å². The third-order valence-corrected chi connectivity index (χ3v) is 6.00. The molecular formula is C20H16F10S. The standard InChI is InChI=1S/C20H16F10S/c21-17(22,19(25,26)27)15(11-13-7-3-1-4-8-13)31-16(18(23,24)20(28,29)30)12-14-9-5-2-6-10-14/h1-10,15-16H,11-12H2/t15-,16+. The van der Waals surface area contributed by atoms with Crippen molar-refractivity contribution in [3.05, 3.63) is 71.8 Å². The molecule has 0 radical (unpaired) electrons. The highest BCUT2D eigenvalue weighted by atomic mass is 32.2. The van der Waals surface area contributed by atoms with E-state index in [9.17, 15) is 43.9 Å². The summed E-state index contributed by atoms with van der Waals surface area (Å²) in [6.07, 6.45) is -14.4. The summed E-state index contributed by atoms with van der Waals surface area (Å²) < 4.78 is 135. The Balaban J connectivity index is 2.47. The molecule has 31 heavy (non-hydrogen) atoms. The predicted octanol–water partition coefficient (Wildman–Crippen LogP) is 7.34. The number of thioether (sulfide) groups is 1. The summed E-state index contributed by atoms with van der Waals surface area (Å²) in [5, 5.41) is -5.81. The Morgan fingerprint density at radius 1 is 0.516 bits per heavy atom. The second kappa shape index (κ2) is 9.30. The van der Waals surface area contributed by atoms with Crippen LogP contribution in [0.4, 0.5) is 43.9 Å². The lowest BCUT2D eigenvalue weighted by Crippen LogP contribution is -2.51. The molecule has 0 spiro atoms. The normalized spacial score (nSPS) is 15.5. The summed E-state index contributed by atoms with van der Waals surface area (Å²) in [6.45, 7) is 0. The van der Waals surface area contributed by atoms with E-state index >= 15 is 0 Å². The molecule has 172 valence electrons. The lowest BCUT2D eigenvalue weighted by molar-refractivity contribution is -0.284. The van der Waals surface area contributed by atoms with Crippen molar-refractivity contribution in [1.29, 1.82) is 0 Å². The van der Waals surface area contributed by atoms with E-state index < -0.39 is 59.3 Å². The second-order valence-electron chi connectivity index (χ2n) is 6.73. The maximum atomic E-state index is 14.2. The molecular weight excluding hydrogens is 462 g/mol. The van der Waals surface area contributed by atoms with Crippen LogP contribution in [-0.4, -0.2) is 34.7 Å². The van der Waals surface area contributed by atoms with Crippen LogP contribution in [0.5, 0.6) is 0 Å². The molecule has 2 aromatic rings. The number of rotatable bonds is 8. The molecule has 0 N–H and O–H groups in total. The van der Waals surface area contributed by atoms with Gasteiger partial charge >= 0.3 is 24.2 Å². The van der Waals surface area contributed by atoms with Gasteiger partial charge in [0.2, 0.25) is 0 Å². The average Bonchev–Trinajstić information content (AvgIpc) is 2.66. The fourth-order valence-corrected chi connectivity index (χ4v) is 4.33. The lowest BCUT2D eigenvalue weighted by atomic mass is 10.0. The zero-order valence-electron chi connectivity index (χ0n) is 15.5. The number of halogens is 10. The first-order valence-corrected chi connectivity index (χ1v) is 9.73. The SMILES string of the molecule is FC(F)(F)C(F)(F)[C@H](Cc1ccccc1)S[C@H](Cc1ccccc1)C(F)(F)C(F)(F)F. The topological polar surface area (TPSA) is 0 Å². The highest BCUT2D eigenvalue weighted by Crippen LogP contribution is 2.50. The molecule has 2 atom stereocenters. The van der Waals surface area contributed by atoms with Crippen LogP contribution in [0.2, 0.25) is 0 Å². The van der Waals surface area contributed by atoms with Gasteiger partial charge in [0, 0.05) is 0 Å². The smallest absolute Gasteiger partial charge is 0.195 e. The largest absolute Gasteiger partial charge is 0.454 e. The molecule has 0 aliphatic heterocycles. The van der Waals surface area contributed by atoms with Gasteiger partial charge in [0.1, 0.15) is 0 Å². The highest BCUT2D eigenvalue weighted by molar-refractivity contribution is 8.00. The molecule has 0 nitrogen and oxygen atoms in total. The Kier molecular flexibility index (Phi) is 7.60. The van der Waals surface area contributed by atoms with Gasteiger partial charge in [-0.05, 0) is 24.0 Å². The molecule has 0 saturated heterocycles. The van der Waals surface area contributed by atoms with Gasteiger partial charge in [-0.3, -0.25) is 0 Å². The van der Waals surface area contributed by atoms with Crippen LogP contribution < -0.4 is 0 Å². The van der Waals surface area contributed by atoms with Crippen molar-refractivity contribution >= 4 is 11.8 Å². The Bertz CT molecular complexity index is 746. The van der Waals surface area contributed by atoms with E-state index in [0.717, 1.165) is 0 Å². The van der Waals surface area contributed by atoms with Crippen LogP contribution in [0.3, 0.4) is 0 Å². The molecule has 0 aliphatic carbocycles. The van der Waals surface area contributed by atoms with Gasteiger partial charge in [-0.2, -0.15) is 43.9 Å². The summed E-state index contributed by atoms with van der Waals surface area (Å²) in [5.41, 5.74) is -0.115. The van der Waals surface area contributed by atoms with E-state index in [1.165, 1.54) is 60.7 Å². The molecule has 0 saturated carbocycles. The third kappa shape index (κ3) is 6.08. The van der Waals surface area contributed by atoms with Gasteiger partial charge in [-0.15, -0.1) is 11.8 Å². The van der Waals surface area contributed by atoms with Gasteiger partial charge in [-0.1, -0.05) is 60.7 Å². The van der Waals surface area contributed by atoms with Crippen LogP contribution in [0, 0.1) is 0 Å². The van der Waals surface area contributed by atoms with Crippen molar-refractivity contribution in [2.24, 2.45) is 0 Å². The average molecular weight is 478 g/mol. The van der Waals surface area contributed by atoms with E-state index in [-0.39, 0.29) is 11.1 Å². The third-order valence-electron chi connectivity index (χ3n) is 4.42. The fraction of sp³-hybridized carbons (Fsp3) is 0.400. The van der Waals surface area contributed by atoms with Crippen molar-refractivity contribution in [3.8, 4) is 0 Å². The van der Waals surface area contributed by atoms with Gasteiger partial charge in [0.05, 0.1) is 10.5 Å². The second-order valence-corrected chi connectivity index (χ2v) is 8.14. The number of benzene rings is 2. The van der Waals surface area contributed by atoms with E-state index in [2.05, 4.69) is 0 Å². The number of hydrogen-bond donors (Lipinski definition) is 0.